The van der Waals surface area contributed by atoms with Gasteiger partial charge in [0.2, 0.25) is 0 Å². The van der Waals surface area contributed by atoms with Crippen molar-refractivity contribution in [3.8, 4) is 11.1 Å². The van der Waals surface area contributed by atoms with Crippen LogP contribution in [-0.2, 0) is 6.54 Å². The minimum absolute atomic E-state index is 0.0171. The molecule has 0 atom stereocenters. The first kappa shape index (κ1) is 17.6. The van der Waals surface area contributed by atoms with Crippen LogP contribution in [0.25, 0.3) is 21.3 Å². The average Bonchev–Trinajstić information content (AvgIpc) is 3.09. The maximum absolute atomic E-state index is 13.1. The third-order valence-corrected chi connectivity index (χ3v) is 5.57. The molecule has 2 heterocycles. The van der Waals surface area contributed by atoms with Crippen molar-refractivity contribution >= 4 is 43.2 Å². The third-order valence-electron chi connectivity index (χ3n) is 4.19. The van der Waals surface area contributed by atoms with E-state index in [9.17, 15) is 14.9 Å². The van der Waals surface area contributed by atoms with Crippen molar-refractivity contribution in [2.24, 2.45) is 0 Å². The topological polar surface area (TPSA) is 78.0 Å². The molecule has 6 nitrogen and oxygen atoms in total. The van der Waals surface area contributed by atoms with E-state index in [4.69, 9.17) is 0 Å². The zero-order valence-corrected chi connectivity index (χ0v) is 16.2. The van der Waals surface area contributed by atoms with Gasteiger partial charge >= 0.3 is 0 Å². The van der Waals surface area contributed by atoms with Gasteiger partial charge in [0.05, 0.1) is 23.2 Å². The van der Waals surface area contributed by atoms with Gasteiger partial charge in [0.1, 0.15) is 4.83 Å². The molecule has 0 bridgehead atoms. The summed E-state index contributed by atoms with van der Waals surface area (Å²) in [5, 5.41) is 13.2. The van der Waals surface area contributed by atoms with E-state index < -0.39 is 4.92 Å². The number of rotatable bonds is 4. The summed E-state index contributed by atoms with van der Waals surface area (Å²) in [6, 6.07) is 14.0. The van der Waals surface area contributed by atoms with Gasteiger partial charge < -0.3 is 0 Å². The maximum atomic E-state index is 13.1. The predicted octanol–water partition coefficient (Wildman–Crippen LogP) is 4.84. The summed E-state index contributed by atoms with van der Waals surface area (Å²) in [6.07, 6.45) is 1.56. The van der Waals surface area contributed by atoms with Crippen LogP contribution in [-0.4, -0.2) is 14.5 Å². The number of halogens is 1. The first-order valence-electron chi connectivity index (χ1n) is 7.99. The number of non-ortho nitro benzene ring substituents is 1. The lowest BCUT2D eigenvalue weighted by Crippen LogP contribution is -2.20. The zero-order chi connectivity index (χ0) is 19.0. The van der Waals surface area contributed by atoms with Crippen LogP contribution in [0.3, 0.4) is 0 Å². The minimum atomic E-state index is -0.442. The van der Waals surface area contributed by atoms with E-state index >= 15 is 0 Å². The van der Waals surface area contributed by atoms with Gasteiger partial charge in [0, 0.05) is 27.5 Å². The van der Waals surface area contributed by atoms with Crippen molar-refractivity contribution in [3.05, 3.63) is 90.7 Å². The summed E-state index contributed by atoms with van der Waals surface area (Å²) in [5.41, 5.74) is 2.37. The third kappa shape index (κ3) is 3.41. The highest BCUT2D eigenvalue weighted by Crippen LogP contribution is 2.31. The Morgan fingerprint density at radius 2 is 1.96 bits per heavy atom. The smallest absolute Gasteiger partial charge is 0.269 e. The van der Waals surface area contributed by atoms with Gasteiger partial charge in [-0.1, -0.05) is 28.1 Å². The molecule has 0 N–H and O–H groups in total. The Morgan fingerprint density at radius 1 is 1.19 bits per heavy atom. The fourth-order valence-corrected chi connectivity index (χ4v) is 4.24. The number of nitrogens with zero attached hydrogens (tertiary/aromatic N) is 3. The molecule has 0 aliphatic carbocycles. The minimum Gasteiger partial charge on any atom is -0.294 e. The molecular weight excluding hydrogens is 430 g/mol. The van der Waals surface area contributed by atoms with E-state index in [1.165, 1.54) is 23.5 Å². The highest BCUT2D eigenvalue weighted by molar-refractivity contribution is 9.10. The Hall–Kier alpha value is -2.84. The standard InChI is InChI=1S/C19H12BrN3O3S/c20-14-3-1-2-12(8-14)9-22-11-21-18-17(19(22)24)16(10-27-18)13-4-6-15(7-5-13)23(25)26/h1-8,10-11H,9H2. The van der Waals surface area contributed by atoms with Gasteiger partial charge in [-0.3, -0.25) is 19.5 Å². The Kier molecular flexibility index (Phi) is 4.59. The molecule has 0 aliphatic rings. The Balaban J connectivity index is 1.79. The van der Waals surface area contributed by atoms with Crippen LogP contribution in [0.15, 0.2) is 69.5 Å². The average molecular weight is 442 g/mol. The van der Waals surface area contributed by atoms with E-state index in [1.54, 1.807) is 23.0 Å². The predicted molar refractivity (Wildman–Crippen MR) is 109 cm³/mol. The van der Waals surface area contributed by atoms with E-state index in [1.807, 2.05) is 29.6 Å². The monoisotopic (exact) mass is 441 g/mol. The van der Waals surface area contributed by atoms with Crippen LogP contribution in [0, 0.1) is 10.1 Å². The second kappa shape index (κ2) is 7.05. The van der Waals surface area contributed by atoms with Gasteiger partial charge in [-0.25, -0.2) is 4.98 Å². The quantitative estimate of drug-likeness (QED) is 0.335. The molecule has 0 spiro atoms. The summed E-state index contributed by atoms with van der Waals surface area (Å²) < 4.78 is 2.52. The number of benzene rings is 2. The number of thiophene rings is 1. The fraction of sp³-hybridized carbons (Fsp3) is 0.0526. The fourth-order valence-electron chi connectivity index (χ4n) is 2.89. The van der Waals surface area contributed by atoms with Crippen LogP contribution in [0.2, 0.25) is 0 Å². The van der Waals surface area contributed by atoms with Gasteiger partial charge in [-0.2, -0.15) is 0 Å². The molecule has 0 saturated heterocycles. The summed E-state index contributed by atoms with van der Waals surface area (Å²) >= 11 is 4.82. The number of nitro benzene ring substituents is 1. The lowest BCUT2D eigenvalue weighted by Gasteiger charge is -2.07. The van der Waals surface area contributed by atoms with Crippen LogP contribution < -0.4 is 5.56 Å². The van der Waals surface area contributed by atoms with Gasteiger partial charge in [-0.15, -0.1) is 11.3 Å². The van der Waals surface area contributed by atoms with Crippen molar-refractivity contribution in [2.75, 3.05) is 0 Å². The molecule has 4 aromatic rings. The number of fused-ring (bicyclic) bond motifs is 1. The molecule has 0 fully saturated rings. The van der Waals surface area contributed by atoms with Crippen molar-refractivity contribution in [2.45, 2.75) is 6.54 Å². The number of nitro groups is 1. The summed E-state index contributed by atoms with van der Waals surface area (Å²) in [5.74, 6) is 0. The van der Waals surface area contributed by atoms with Crippen molar-refractivity contribution < 1.29 is 4.92 Å². The van der Waals surface area contributed by atoms with Gasteiger partial charge in [-0.05, 0) is 35.4 Å². The lowest BCUT2D eigenvalue weighted by atomic mass is 10.1. The Morgan fingerprint density at radius 3 is 2.67 bits per heavy atom. The summed E-state index contributed by atoms with van der Waals surface area (Å²) in [6.45, 7) is 0.413. The molecule has 2 aromatic heterocycles. The highest BCUT2D eigenvalue weighted by Gasteiger charge is 2.14. The second-order valence-electron chi connectivity index (χ2n) is 5.94. The molecule has 4 rings (SSSR count). The number of hydrogen-bond acceptors (Lipinski definition) is 5. The Bertz CT molecular complexity index is 1220. The highest BCUT2D eigenvalue weighted by atomic mass is 79.9. The van der Waals surface area contributed by atoms with Crippen molar-refractivity contribution in [1.82, 2.24) is 9.55 Å². The SMILES string of the molecule is O=c1c2c(-c3ccc([N+](=O)[O-])cc3)csc2ncn1Cc1cccc(Br)c1. The first-order chi connectivity index (χ1) is 13.0. The molecule has 134 valence electrons. The van der Waals surface area contributed by atoms with Crippen molar-refractivity contribution in [1.29, 1.82) is 0 Å². The molecule has 2 aromatic carbocycles. The molecule has 8 heteroatoms. The molecule has 27 heavy (non-hydrogen) atoms. The zero-order valence-electron chi connectivity index (χ0n) is 13.8. The van der Waals surface area contributed by atoms with E-state index in [0.717, 1.165) is 21.2 Å². The molecule has 0 radical (unpaired) electrons. The van der Waals surface area contributed by atoms with Gasteiger partial charge in [0.25, 0.3) is 11.2 Å². The molecule has 0 unspecified atom stereocenters. The number of hydrogen-bond donors (Lipinski definition) is 0. The first-order valence-corrected chi connectivity index (χ1v) is 9.66. The molecule has 0 aliphatic heterocycles. The lowest BCUT2D eigenvalue weighted by molar-refractivity contribution is -0.384. The molecule has 0 saturated carbocycles. The number of aromatic nitrogens is 2. The molecule has 0 amide bonds. The molecular formula is C19H12BrN3O3S. The second-order valence-corrected chi connectivity index (χ2v) is 7.71. The normalized spacial score (nSPS) is 11.0. The van der Waals surface area contributed by atoms with E-state index in [-0.39, 0.29) is 11.2 Å². The van der Waals surface area contributed by atoms with Crippen molar-refractivity contribution in [3.63, 3.8) is 0 Å². The van der Waals surface area contributed by atoms with E-state index in [0.29, 0.717) is 16.8 Å². The van der Waals surface area contributed by atoms with Crippen LogP contribution in [0.1, 0.15) is 5.56 Å². The van der Waals surface area contributed by atoms with Crippen LogP contribution in [0.5, 0.6) is 0 Å². The Labute approximate surface area is 166 Å². The van der Waals surface area contributed by atoms with E-state index in [2.05, 4.69) is 20.9 Å². The summed E-state index contributed by atoms with van der Waals surface area (Å²) in [7, 11) is 0. The summed E-state index contributed by atoms with van der Waals surface area (Å²) in [4.78, 5) is 28.5. The maximum Gasteiger partial charge on any atom is 0.269 e. The largest absolute Gasteiger partial charge is 0.294 e. The van der Waals surface area contributed by atoms with Crippen LogP contribution in [0.4, 0.5) is 5.69 Å². The van der Waals surface area contributed by atoms with Gasteiger partial charge in [0.15, 0.2) is 0 Å². The van der Waals surface area contributed by atoms with Crippen LogP contribution >= 0.6 is 27.3 Å².